The van der Waals surface area contributed by atoms with Crippen molar-refractivity contribution in [1.82, 2.24) is 4.98 Å². The van der Waals surface area contributed by atoms with Crippen molar-refractivity contribution in [1.29, 1.82) is 0 Å². The van der Waals surface area contributed by atoms with Gasteiger partial charge < -0.3 is 4.74 Å². The Labute approximate surface area is 91.6 Å². The SMILES string of the molecule is CC(=O)c1cc(Br)cnc1OC(C)C. The third-order valence-electron chi connectivity index (χ3n) is 1.54. The summed E-state index contributed by atoms with van der Waals surface area (Å²) in [7, 11) is 0. The third kappa shape index (κ3) is 2.80. The van der Waals surface area contributed by atoms with Gasteiger partial charge in [0.25, 0.3) is 0 Å². The molecule has 0 saturated carbocycles. The third-order valence-corrected chi connectivity index (χ3v) is 1.98. The Balaban J connectivity index is 3.08. The van der Waals surface area contributed by atoms with Crippen LogP contribution in [0.5, 0.6) is 5.88 Å². The van der Waals surface area contributed by atoms with Crippen LogP contribution in [0.4, 0.5) is 0 Å². The molecular weight excluding hydrogens is 246 g/mol. The monoisotopic (exact) mass is 257 g/mol. The summed E-state index contributed by atoms with van der Waals surface area (Å²) in [5.41, 5.74) is 0.507. The number of pyridine rings is 1. The molecule has 0 fully saturated rings. The summed E-state index contributed by atoms with van der Waals surface area (Å²) in [4.78, 5) is 15.3. The number of halogens is 1. The maximum Gasteiger partial charge on any atom is 0.224 e. The molecule has 0 aliphatic rings. The zero-order chi connectivity index (χ0) is 10.7. The number of nitrogens with zero attached hydrogens (tertiary/aromatic N) is 1. The van der Waals surface area contributed by atoms with Gasteiger partial charge in [0.05, 0.1) is 11.7 Å². The van der Waals surface area contributed by atoms with E-state index in [0.717, 1.165) is 4.47 Å². The number of hydrogen-bond donors (Lipinski definition) is 0. The first kappa shape index (κ1) is 11.2. The minimum atomic E-state index is -0.0468. The number of hydrogen-bond acceptors (Lipinski definition) is 3. The van der Waals surface area contributed by atoms with E-state index < -0.39 is 0 Å². The molecule has 14 heavy (non-hydrogen) atoms. The predicted octanol–water partition coefficient (Wildman–Crippen LogP) is 2.83. The van der Waals surface area contributed by atoms with Crippen LogP contribution in [-0.2, 0) is 0 Å². The average molecular weight is 258 g/mol. The van der Waals surface area contributed by atoms with Gasteiger partial charge in [0.15, 0.2) is 5.78 Å². The number of rotatable bonds is 3. The Hall–Kier alpha value is -0.900. The molecule has 0 atom stereocenters. The highest BCUT2D eigenvalue weighted by molar-refractivity contribution is 9.10. The maximum absolute atomic E-state index is 11.3. The van der Waals surface area contributed by atoms with Crippen molar-refractivity contribution in [2.45, 2.75) is 26.9 Å². The van der Waals surface area contributed by atoms with Gasteiger partial charge in [0.2, 0.25) is 5.88 Å². The number of Topliss-reactive ketones (excluding diaryl/α,β-unsaturated/α-hetero) is 1. The second-order valence-electron chi connectivity index (χ2n) is 3.23. The van der Waals surface area contributed by atoms with Gasteiger partial charge in [-0.3, -0.25) is 4.79 Å². The number of carbonyl (C=O) groups excluding carboxylic acids is 1. The first-order valence-electron chi connectivity index (χ1n) is 4.34. The molecule has 4 heteroatoms. The highest BCUT2D eigenvalue weighted by Gasteiger charge is 2.11. The van der Waals surface area contributed by atoms with Gasteiger partial charge in [-0.15, -0.1) is 0 Å². The zero-order valence-corrected chi connectivity index (χ0v) is 9.96. The lowest BCUT2D eigenvalue weighted by Crippen LogP contribution is -2.10. The van der Waals surface area contributed by atoms with Crippen LogP contribution in [0.25, 0.3) is 0 Å². The molecule has 0 bridgehead atoms. The molecule has 0 amide bonds. The Morgan fingerprint density at radius 3 is 2.71 bits per heavy atom. The fourth-order valence-electron chi connectivity index (χ4n) is 0.996. The Morgan fingerprint density at radius 1 is 1.57 bits per heavy atom. The van der Waals surface area contributed by atoms with Crippen molar-refractivity contribution in [3.63, 3.8) is 0 Å². The van der Waals surface area contributed by atoms with Crippen molar-refractivity contribution < 1.29 is 9.53 Å². The lowest BCUT2D eigenvalue weighted by atomic mass is 10.2. The average Bonchev–Trinajstić information content (AvgIpc) is 2.07. The summed E-state index contributed by atoms with van der Waals surface area (Å²) in [5, 5.41) is 0. The molecule has 0 aromatic carbocycles. The second kappa shape index (κ2) is 4.55. The van der Waals surface area contributed by atoms with E-state index in [-0.39, 0.29) is 11.9 Å². The summed E-state index contributed by atoms with van der Waals surface area (Å²) < 4.78 is 6.19. The van der Waals surface area contributed by atoms with Crippen LogP contribution in [0.15, 0.2) is 16.7 Å². The first-order chi connectivity index (χ1) is 6.50. The van der Waals surface area contributed by atoms with E-state index in [1.807, 2.05) is 13.8 Å². The highest BCUT2D eigenvalue weighted by atomic mass is 79.9. The van der Waals surface area contributed by atoms with Crippen LogP contribution in [0.1, 0.15) is 31.1 Å². The van der Waals surface area contributed by atoms with Crippen LogP contribution in [0.2, 0.25) is 0 Å². The second-order valence-corrected chi connectivity index (χ2v) is 4.14. The van der Waals surface area contributed by atoms with Crippen LogP contribution in [-0.4, -0.2) is 16.9 Å². The van der Waals surface area contributed by atoms with Gasteiger partial charge >= 0.3 is 0 Å². The number of carbonyl (C=O) groups is 1. The van der Waals surface area contributed by atoms with E-state index in [4.69, 9.17) is 4.74 Å². The minimum absolute atomic E-state index is 0.0155. The molecule has 0 radical (unpaired) electrons. The lowest BCUT2D eigenvalue weighted by Gasteiger charge is -2.11. The fourth-order valence-corrected chi connectivity index (χ4v) is 1.33. The minimum Gasteiger partial charge on any atom is -0.474 e. The van der Waals surface area contributed by atoms with E-state index in [9.17, 15) is 4.79 Å². The Kier molecular flexibility index (Phi) is 3.63. The zero-order valence-electron chi connectivity index (χ0n) is 8.37. The topological polar surface area (TPSA) is 39.2 Å². The molecule has 1 aromatic heterocycles. The molecule has 0 saturated heterocycles. The summed E-state index contributed by atoms with van der Waals surface area (Å²) in [6, 6.07) is 1.72. The molecule has 0 aliphatic heterocycles. The largest absolute Gasteiger partial charge is 0.474 e. The molecule has 1 aromatic rings. The lowest BCUT2D eigenvalue weighted by molar-refractivity contribution is 0.101. The van der Waals surface area contributed by atoms with Crippen LogP contribution in [0.3, 0.4) is 0 Å². The molecule has 1 heterocycles. The van der Waals surface area contributed by atoms with E-state index >= 15 is 0 Å². The summed E-state index contributed by atoms with van der Waals surface area (Å²) >= 11 is 3.26. The predicted molar refractivity (Wildman–Crippen MR) is 57.7 cm³/mol. The van der Waals surface area contributed by atoms with E-state index in [1.54, 1.807) is 12.3 Å². The molecular formula is C10H12BrNO2. The van der Waals surface area contributed by atoms with Gasteiger partial charge in [-0.25, -0.2) is 4.98 Å². The first-order valence-corrected chi connectivity index (χ1v) is 5.13. The Bertz CT molecular complexity index is 350. The normalized spacial score (nSPS) is 10.4. The van der Waals surface area contributed by atoms with E-state index in [1.165, 1.54) is 6.92 Å². The van der Waals surface area contributed by atoms with Crippen molar-refractivity contribution in [3.8, 4) is 5.88 Å². The van der Waals surface area contributed by atoms with Crippen molar-refractivity contribution in [3.05, 3.63) is 22.3 Å². The quantitative estimate of drug-likeness (QED) is 0.782. The van der Waals surface area contributed by atoms with Crippen LogP contribution >= 0.6 is 15.9 Å². The Morgan fingerprint density at radius 2 is 2.21 bits per heavy atom. The number of aromatic nitrogens is 1. The highest BCUT2D eigenvalue weighted by Crippen LogP contribution is 2.21. The molecule has 0 N–H and O–H groups in total. The van der Waals surface area contributed by atoms with E-state index in [2.05, 4.69) is 20.9 Å². The molecule has 1 rings (SSSR count). The fraction of sp³-hybridized carbons (Fsp3) is 0.400. The summed E-state index contributed by atoms with van der Waals surface area (Å²) in [5.74, 6) is 0.352. The molecule has 0 aliphatic carbocycles. The molecule has 76 valence electrons. The van der Waals surface area contributed by atoms with Crippen molar-refractivity contribution in [2.24, 2.45) is 0 Å². The van der Waals surface area contributed by atoms with Gasteiger partial charge in [-0.2, -0.15) is 0 Å². The summed E-state index contributed by atoms with van der Waals surface area (Å²) in [6.07, 6.45) is 1.63. The summed E-state index contributed by atoms with van der Waals surface area (Å²) in [6.45, 7) is 5.29. The molecule has 3 nitrogen and oxygen atoms in total. The molecule has 0 unspecified atom stereocenters. The van der Waals surface area contributed by atoms with Crippen molar-refractivity contribution in [2.75, 3.05) is 0 Å². The number of ether oxygens (including phenoxy) is 1. The van der Waals surface area contributed by atoms with Gasteiger partial charge in [-0.1, -0.05) is 0 Å². The van der Waals surface area contributed by atoms with Crippen molar-refractivity contribution >= 4 is 21.7 Å². The van der Waals surface area contributed by atoms with Crippen LogP contribution in [0, 0.1) is 0 Å². The van der Waals surface area contributed by atoms with Crippen LogP contribution < -0.4 is 4.74 Å². The maximum atomic E-state index is 11.3. The standard InChI is InChI=1S/C10H12BrNO2/c1-6(2)14-10-9(7(3)13)4-8(11)5-12-10/h4-6H,1-3H3. The van der Waals surface area contributed by atoms with E-state index in [0.29, 0.717) is 11.4 Å². The number of ketones is 1. The van der Waals surface area contributed by atoms with Gasteiger partial charge in [-0.05, 0) is 42.8 Å². The van der Waals surface area contributed by atoms with Gasteiger partial charge in [0.1, 0.15) is 0 Å². The van der Waals surface area contributed by atoms with Gasteiger partial charge in [0, 0.05) is 10.7 Å². The molecule has 0 spiro atoms. The smallest absolute Gasteiger partial charge is 0.224 e.